The number of carbonyl (C=O) groups excluding carboxylic acids is 1. The third-order valence-corrected chi connectivity index (χ3v) is 4.54. The predicted molar refractivity (Wildman–Crippen MR) is 93.6 cm³/mol. The highest BCUT2D eigenvalue weighted by Gasteiger charge is 2.33. The number of nitrogens with one attached hydrogen (secondary N) is 1. The Kier molecular flexibility index (Phi) is 3.44. The minimum atomic E-state index is -0.139. The minimum Gasteiger partial charge on any atom is -0.487 e. The van der Waals surface area contributed by atoms with Crippen LogP contribution in [0.5, 0.6) is 5.75 Å². The number of pyridine rings is 1. The van der Waals surface area contributed by atoms with Crippen LogP contribution in [0.2, 0.25) is 0 Å². The molecule has 2 aliphatic rings. The maximum Gasteiger partial charge on any atom is 0.243 e. The fourth-order valence-electron chi connectivity index (χ4n) is 3.52. The van der Waals surface area contributed by atoms with Crippen LogP contribution in [-0.4, -0.2) is 29.6 Å². The average Bonchev–Trinajstić information content (AvgIpc) is 3.04. The van der Waals surface area contributed by atoms with E-state index < -0.39 is 0 Å². The molecule has 1 amide bonds. The molecule has 4 rings (SSSR count). The van der Waals surface area contributed by atoms with Crippen LogP contribution in [0.4, 0.5) is 11.4 Å². The van der Waals surface area contributed by atoms with E-state index in [0.29, 0.717) is 6.54 Å². The van der Waals surface area contributed by atoms with Gasteiger partial charge in [-0.25, -0.2) is 0 Å². The lowest BCUT2D eigenvalue weighted by molar-refractivity contribution is -0.115. The summed E-state index contributed by atoms with van der Waals surface area (Å²) in [6.07, 6.45) is 5.20. The quantitative estimate of drug-likeness (QED) is 0.944. The van der Waals surface area contributed by atoms with Crippen molar-refractivity contribution in [3.8, 4) is 5.75 Å². The number of fused-ring (bicyclic) bond motifs is 2. The zero-order chi connectivity index (χ0) is 16.7. The third kappa shape index (κ3) is 2.82. The summed E-state index contributed by atoms with van der Waals surface area (Å²) in [6, 6.07) is 8.00. The molecule has 0 aliphatic carbocycles. The number of hydrogen-bond donors (Lipinski definition) is 1. The van der Waals surface area contributed by atoms with Crippen molar-refractivity contribution >= 4 is 17.3 Å². The lowest BCUT2D eigenvalue weighted by Crippen LogP contribution is -2.32. The summed E-state index contributed by atoms with van der Waals surface area (Å²) >= 11 is 0. The topological polar surface area (TPSA) is 54.5 Å². The SMILES string of the molecule is CC1(C)Cc2cc3c(cc2O1)CCN3CC(=O)Nc1cccnc1. The summed E-state index contributed by atoms with van der Waals surface area (Å²) in [5.74, 6) is 0.980. The van der Waals surface area contributed by atoms with Crippen molar-refractivity contribution in [1.29, 1.82) is 0 Å². The number of aromatic nitrogens is 1. The molecule has 124 valence electrons. The highest BCUT2D eigenvalue weighted by molar-refractivity contribution is 5.94. The second kappa shape index (κ2) is 5.51. The van der Waals surface area contributed by atoms with Gasteiger partial charge in [0.05, 0.1) is 18.4 Å². The molecular weight excluding hydrogens is 302 g/mol. The van der Waals surface area contributed by atoms with E-state index >= 15 is 0 Å². The first-order chi connectivity index (χ1) is 11.5. The van der Waals surface area contributed by atoms with Crippen molar-refractivity contribution < 1.29 is 9.53 Å². The van der Waals surface area contributed by atoms with Crippen molar-refractivity contribution in [2.45, 2.75) is 32.3 Å². The van der Waals surface area contributed by atoms with Crippen molar-refractivity contribution in [3.05, 3.63) is 47.8 Å². The van der Waals surface area contributed by atoms with Gasteiger partial charge in [-0.3, -0.25) is 9.78 Å². The molecule has 0 bridgehead atoms. The van der Waals surface area contributed by atoms with Gasteiger partial charge in [-0.1, -0.05) is 0 Å². The number of ether oxygens (including phenoxy) is 1. The number of hydrogen-bond acceptors (Lipinski definition) is 4. The van der Waals surface area contributed by atoms with Crippen LogP contribution >= 0.6 is 0 Å². The number of rotatable bonds is 3. The Morgan fingerprint density at radius 1 is 1.38 bits per heavy atom. The summed E-state index contributed by atoms with van der Waals surface area (Å²) in [4.78, 5) is 18.5. The Labute approximate surface area is 141 Å². The molecule has 0 spiro atoms. The molecule has 1 aromatic heterocycles. The zero-order valence-corrected chi connectivity index (χ0v) is 14.0. The van der Waals surface area contributed by atoms with Crippen LogP contribution in [0.15, 0.2) is 36.7 Å². The van der Waals surface area contributed by atoms with Crippen molar-refractivity contribution in [1.82, 2.24) is 4.98 Å². The van der Waals surface area contributed by atoms with Crippen LogP contribution in [0.1, 0.15) is 25.0 Å². The van der Waals surface area contributed by atoms with E-state index in [1.807, 2.05) is 12.1 Å². The van der Waals surface area contributed by atoms with E-state index in [-0.39, 0.29) is 11.5 Å². The Balaban J connectivity index is 1.49. The van der Waals surface area contributed by atoms with E-state index in [0.717, 1.165) is 36.5 Å². The first-order valence-electron chi connectivity index (χ1n) is 8.30. The zero-order valence-electron chi connectivity index (χ0n) is 14.0. The molecule has 1 N–H and O–H groups in total. The molecular formula is C19H21N3O2. The molecule has 5 nitrogen and oxygen atoms in total. The van der Waals surface area contributed by atoms with E-state index in [4.69, 9.17) is 4.74 Å². The van der Waals surface area contributed by atoms with Gasteiger partial charge in [-0.05, 0) is 50.1 Å². The van der Waals surface area contributed by atoms with Gasteiger partial charge in [0.1, 0.15) is 11.4 Å². The molecule has 2 aromatic rings. The predicted octanol–water partition coefficient (Wildman–Crippen LogP) is 2.80. The summed E-state index contributed by atoms with van der Waals surface area (Å²) < 4.78 is 6.01. The molecule has 0 unspecified atom stereocenters. The van der Waals surface area contributed by atoms with Gasteiger partial charge < -0.3 is 15.0 Å². The van der Waals surface area contributed by atoms with Crippen molar-refractivity contribution in [2.24, 2.45) is 0 Å². The minimum absolute atomic E-state index is 0.0204. The smallest absolute Gasteiger partial charge is 0.243 e. The lowest BCUT2D eigenvalue weighted by Gasteiger charge is -2.19. The summed E-state index contributed by atoms with van der Waals surface area (Å²) in [7, 11) is 0. The molecule has 0 saturated heterocycles. The third-order valence-electron chi connectivity index (χ3n) is 4.54. The second-order valence-electron chi connectivity index (χ2n) is 7.09. The van der Waals surface area contributed by atoms with Gasteiger partial charge in [0.2, 0.25) is 5.91 Å². The first-order valence-corrected chi connectivity index (χ1v) is 8.30. The maximum absolute atomic E-state index is 12.3. The fourth-order valence-corrected chi connectivity index (χ4v) is 3.52. The average molecular weight is 323 g/mol. The summed E-state index contributed by atoms with van der Waals surface area (Å²) in [5.41, 5.74) is 4.25. The Morgan fingerprint density at radius 2 is 2.25 bits per heavy atom. The molecule has 0 saturated carbocycles. The van der Waals surface area contributed by atoms with Crippen molar-refractivity contribution in [2.75, 3.05) is 23.3 Å². The van der Waals surface area contributed by atoms with Crippen LogP contribution in [0, 0.1) is 0 Å². The molecule has 3 heterocycles. The van der Waals surface area contributed by atoms with E-state index in [9.17, 15) is 4.79 Å². The van der Waals surface area contributed by atoms with Crippen LogP contribution in [-0.2, 0) is 17.6 Å². The monoisotopic (exact) mass is 323 g/mol. The van der Waals surface area contributed by atoms with E-state index in [1.165, 1.54) is 11.1 Å². The highest BCUT2D eigenvalue weighted by Crippen LogP contribution is 2.41. The molecule has 0 radical (unpaired) electrons. The van der Waals surface area contributed by atoms with Gasteiger partial charge >= 0.3 is 0 Å². The first kappa shape index (κ1) is 15.0. The van der Waals surface area contributed by atoms with Crippen LogP contribution in [0.3, 0.4) is 0 Å². The number of nitrogens with zero attached hydrogens (tertiary/aromatic N) is 2. The molecule has 0 fully saturated rings. The summed E-state index contributed by atoms with van der Waals surface area (Å²) in [6.45, 7) is 5.43. The number of anilines is 2. The number of benzene rings is 1. The van der Waals surface area contributed by atoms with Crippen LogP contribution in [0.25, 0.3) is 0 Å². The molecule has 5 heteroatoms. The molecule has 2 aliphatic heterocycles. The Hall–Kier alpha value is -2.56. The number of amides is 1. The molecule has 0 atom stereocenters. The summed E-state index contributed by atoms with van der Waals surface area (Å²) in [5, 5.41) is 2.90. The van der Waals surface area contributed by atoms with Crippen molar-refractivity contribution in [3.63, 3.8) is 0 Å². The largest absolute Gasteiger partial charge is 0.487 e. The van der Waals surface area contributed by atoms with Gasteiger partial charge in [0.15, 0.2) is 0 Å². The number of carbonyl (C=O) groups is 1. The normalized spacial score (nSPS) is 17.2. The van der Waals surface area contributed by atoms with Gasteiger partial charge in [0.25, 0.3) is 0 Å². The molecule has 24 heavy (non-hydrogen) atoms. The Morgan fingerprint density at radius 3 is 3.04 bits per heavy atom. The lowest BCUT2D eigenvalue weighted by atomic mass is 10.00. The standard InChI is InChI=1S/C19H21N3O2/c1-19(2)10-14-8-16-13(9-17(14)24-19)5-7-22(16)12-18(23)21-15-4-3-6-20-11-15/h3-4,6,8-9,11H,5,7,10,12H2,1-2H3,(H,21,23). The van der Waals surface area contributed by atoms with E-state index in [1.54, 1.807) is 12.4 Å². The highest BCUT2D eigenvalue weighted by atomic mass is 16.5. The second-order valence-corrected chi connectivity index (χ2v) is 7.09. The van der Waals surface area contributed by atoms with Gasteiger partial charge in [0, 0.05) is 30.4 Å². The maximum atomic E-state index is 12.3. The Bertz CT molecular complexity index is 787. The van der Waals surface area contributed by atoms with Gasteiger partial charge in [-0.2, -0.15) is 0 Å². The van der Waals surface area contributed by atoms with E-state index in [2.05, 4.69) is 41.2 Å². The van der Waals surface area contributed by atoms with Gasteiger partial charge in [-0.15, -0.1) is 0 Å². The molecule has 1 aromatic carbocycles. The van der Waals surface area contributed by atoms with Crippen LogP contribution < -0.4 is 15.0 Å². The fraction of sp³-hybridized carbons (Fsp3) is 0.368.